The quantitative estimate of drug-likeness (QED) is 0.633. The normalized spacial score (nSPS) is 19.1. The maximum atomic E-state index is 12.5. The van der Waals surface area contributed by atoms with Crippen LogP contribution in [0, 0.1) is 0 Å². The molecule has 0 aliphatic carbocycles. The molecular weight excluding hydrogens is 178 g/mol. The smallest absolute Gasteiger partial charge is 0.322 e. The Balaban J connectivity index is 2.40. The topological polar surface area (TPSA) is 23.6 Å². The molecule has 0 atom stereocenters. The molecule has 0 unspecified atom stereocenters. The first kappa shape index (κ1) is 10.4. The van der Waals surface area contributed by atoms with Gasteiger partial charge in [0.1, 0.15) is 0 Å². The number of amides is 1. The highest BCUT2D eigenvalue weighted by Gasteiger charge is 2.42. The van der Waals surface area contributed by atoms with Crippen molar-refractivity contribution in [2.75, 3.05) is 27.2 Å². The van der Waals surface area contributed by atoms with E-state index in [9.17, 15) is 13.6 Å². The van der Waals surface area contributed by atoms with E-state index >= 15 is 0 Å². The van der Waals surface area contributed by atoms with Crippen molar-refractivity contribution in [3.05, 3.63) is 0 Å². The van der Waals surface area contributed by atoms with Crippen LogP contribution < -0.4 is 0 Å². The monoisotopic (exact) mass is 192 g/mol. The number of hydrogen-bond acceptors (Lipinski definition) is 2. The summed E-state index contributed by atoms with van der Waals surface area (Å²) >= 11 is 0. The van der Waals surface area contributed by atoms with E-state index in [4.69, 9.17) is 0 Å². The minimum Gasteiger partial charge on any atom is -0.334 e. The summed E-state index contributed by atoms with van der Waals surface area (Å²) in [7, 11) is 3.74. The summed E-state index contributed by atoms with van der Waals surface area (Å²) in [5, 5.41) is 0. The molecule has 1 amide bonds. The van der Waals surface area contributed by atoms with E-state index in [1.807, 2.05) is 19.0 Å². The van der Waals surface area contributed by atoms with E-state index < -0.39 is 11.8 Å². The largest absolute Gasteiger partial charge is 0.334 e. The first-order valence-electron chi connectivity index (χ1n) is 4.16. The van der Waals surface area contributed by atoms with Gasteiger partial charge in [-0.15, -0.1) is 0 Å². The van der Waals surface area contributed by atoms with Crippen molar-refractivity contribution in [2.24, 2.45) is 0 Å². The third kappa shape index (κ3) is 2.15. The van der Waals surface area contributed by atoms with Crippen molar-refractivity contribution in [1.82, 2.24) is 9.80 Å². The highest BCUT2D eigenvalue weighted by Crippen LogP contribution is 2.21. The minimum absolute atomic E-state index is 0.228. The van der Waals surface area contributed by atoms with Gasteiger partial charge in [0, 0.05) is 26.1 Å². The molecule has 0 spiro atoms. The van der Waals surface area contributed by atoms with Gasteiger partial charge in [-0.05, 0) is 14.1 Å². The maximum absolute atomic E-state index is 12.5. The van der Waals surface area contributed by atoms with E-state index in [0.29, 0.717) is 20.0 Å². The van der Waals surface area contributed by atoms with Gasteiger partial charge in [0.2, 0.25) is 0 Å². The first-order valence-corrected chi connectivity index (χ1v) is 4.16. The number of carbonyl (C=O) groups is 1. The van der Waals surface area contributed by atoms with Crippen LogP contribution in [0.1, 0.15) is 6.92 Å². The predicted octanol–water partition coefficient (Wildman–Crippen LogP) is 0.414. The average Bonchev–Trinajstić information content (AvgIpc) is 1.80. The van der Waals surface area contributed by atoms with Crippen LogP contribution in [0.2, 0.25) is 0 Å². The zero-order chi connectivity index (χ0) is 10.2. The number of carbonyl (C=O) groups excluding carboxylic acids is 1. The summed E-state index contributed by atoms with van der Waals surface area (Å²) in [6.45, 7) is 1.46. The van der Waals surface area contributed by atoms with Gasteiger partial charge in [-0.3, -0.25) is 4.79 Å². The SMILES string of the molecule is CN(C)C1CN(C(=O)C(C)(F)F)C1. The predicted molar refractivity (Wildman–Crippen MR) is 44.7 cm³/mol. The van der Waals surface area contributed by atoms with Gasteiger partial charge in [-0.25, -0.2) is 0 Å². The van der Waals surface area contributed by atoms with Gasteiger partial charge in [0.05, 0.1) is 0 Å². The Hall–Kier alpha value is -0.710. The molecule has 0 bridgehead atoms. The molecule has 0 aromatic rings. The van der Waals surface area contributed by atoms with E-state index in [2.05, 4.69) is 0 Å². The Morgan fingerprint density at radius 3 is 2.23 bits per heavy atom. The van der Waals surface area contributed by atoms with Crippen LogP contribution in [0.4, 0.5) is 8.78 Å². The molecule has 13 heavy (non-hydrogen) atoms. The van der Waals surface area contributed by atoms with E-state index in [0.717, 1.165) is 0 Å². The van der Waals surface area contributed by atoms with Crippen LogP contribution >= 0.6 is 0 Å². The number of alkyl halides is 2. The summed E-state index contributed by atoms with van der Waals surface area (Å²) in [6.07, 6.45) is 0. The van der Waals surface area contributed by atoms with Crippen LogP contribution in [-0.4, -0.2) is 54.9 Å². The highest BCUT2D eigenvalue weighted by molar-refractivity contribution is 5.83. The molecule has 0 radical (unpaired) electrons. The number of likely N-dealkylation sites (tertiary alicyclic amines) is 1. The fraction of sp³-hybridized carbons (Fsp3) is 0.875. The van der Waals surface area contributed by atoms with Crippen molar-refractivity contribution >= 4 is 5.91 Å². The molecule has 3 nitrogen and oxygen atoms in total. The zero-order valence-corrected chi connectivity index (χ0v) is 8.05. The van der Waals surface area contributed by atoms with Gasteiger partial charge in [-0.1, -0.05) is 0 Å². The number of rotatable bonds is 2. The zero-order valence-electron chi connectivity index (χ0n) is 8.05. The molecule has 1 rings (SSSR count). The lowest BCUT2D eigenvalue weighted by Gasteiger charge is -2.43. The minimum atomic E-state index is -3.22. The molecule has 5 heteroatoms. The van der Waals surface area contributed by atoms with Crippen LogP contribution in [0.15, 0.2) is 0 Å². The Morgan fingerprint density at radius 2 is 1.92 bits per heavy atom. The average molecular weight is 192 g/mol. The van der Waals surface area contributed by atoms with Crippen LogP contribution in [0.25, 0.3) is 0 Å². The number of halogens is 2. The molecular formula is C8H14F2N2O. The van der Waals surface area contributed by atoms with Crippen LogP contribution in [0.5, 0.6) is 0 Å². The third-order valence-electron chi connectivity index (χ3n) is 2.26. The fourth-order valence-corrected chi connectivity index (χ4v) is 1.23. The standard InChI is InChI=1S/C8H14F2N2O/c1-8(9,10)7(13)12-4-6(5-12)11(2)3/h6H,4-5H2,1-3H3. The summed E-state index contributed by atoms with van der Waals surface area (Å²) in [4.78, 5) is 14.1. The molecule has 1 saturated heterocycles. The molecule has 76 valence electrons. The molecule has 0 saturated carbocycles. The van der Waals surface area contributed by atoms with E-state index in [1.165, 1.54) is 4.90 Å². The first-order chi connectivity index (χ1) is 5.82. The lowest BCUT2D eigenvalue weighted by Crippen LogP contribution is -2.61. The fourth-order valence-electron chi connectivity index (χ4n) is 1.23. The number of nitrogens with zero attached hydrogens (tertiary/aromatic N) is 2. The Morgan fingerprint density at radius 1 is 1.46 bits per heavy atom. The summed E-state index contributed by atoms with van der Waals surface area (Å²) in [5.41, 5.74) is 0. The number of likely N-dealkylation sites (N-methyl/N-ethyl adjacent to an activating group) is 1. The molecule has 1 fully saturated rings. The van der Waals surface area contributed by atoms with Gasteiger partial charge >= 0.3 is 5.92 Å². The van der Waals surface area contributed by atoms with Crippen molar-refractivity contribution < 1.29 is 13.6 Å². The molecule has 0 N–H and O–H groups in total. The second kappa shape index (κ2) is 3.21. The number of hydrogen-bond donors (Lipinski definition) is 0. The van der Waals surface area contributed by atoms with Crippen molar-refractivity contribution in [1.29, 1.82) is 0 Å². The molecule has 1 heterocycles. The van der Waals surface area contributed by atoms with E-state index in [-0.39, 0.29) is 6.04 Å². The highest BCUT2D eigenvalue weighted by atomic mass is 19.3. The third-order valence-corrected chi connectivity index (χ3v) is 2.26. The molecule has 0 aromatic heterocycles. The van der Waals surface area contributed by atoms with Gasteiger partial charge < -0.3 is 9.80 Å². The van der Waals surface area contributed by atoms with Crippen molar-refractivity contribution in [3.8, 4) is 0 Å². The lowest BCUT2D eigenvalue weighted by molar-refractivity contribution is -0.161. The second-order valence-electron chi connectivity index (χ2n) is 3.72. The molecule has 1 aliphatic heterocycles. The van der Waals surface area contributed by atoms with Gasteiger partial charge in [-0.2, -0.15) is 8.78 Å². The second-order valence-corrected chi connectivity index (χ2v) is 3.72. The Kier molecular flexibility index (Phi) is 2.56. The Bertz CT molecular complexity index is 207. The summed E-state index contributed by atoms with van der Waals surface area (Å²) in [6, 6.07) is 0.228. The Labute approximate surface area is 76.3 Å². The summed E-state index contributed by atoms with van der Waals surface area (Å²) < 4.78 is 25.0. The molecule has 1 aliphatic rings. The van der Waals surface area contributed by atoms with Gasteiger partial charge in [0.15, 0.2) is 0 Å². The maximum Gasteiger partial charge on any atom is 0.322 e. The molecule has 0 aromatic carbocycles. The van der Waals surface area contributed by atoms with Crippen LogP contribution in [0.3, 0.4) is 0 Å². The van der Waals surface area contributed by atoms with Crippen LogP contribution in [-0.2, 0) is 4.79 Å². The van der Waals surface area contributed by atoms with Gasteiger partial charge in [0.25, 0.3) is 5.91 Å². The van der Waals surface area contributed by atoms with E-state index in [1.54, 1.807) is 0 Å². The van der Waals surface area contributed by atoms with Crippen molar-refractivity contribution in [2.45, 2.75) is 18.9 Å². The van der Waals surface area contributed by atoms with Crippen molar-refractivity contribution in [3.63, 3.8) is 0 Å². The lowest BCUT2D eigenvalue weighted by atomic mass is 10.1. The summed E-state index contributed by atoms with van der Waals surface area (Å²) in [5.74, 6) is -4.29.